The van der Waals surface area contributed by atoms with Gasteiger partial charge in [-0.1, -0.05) is 32.9 Å². The Morgan fingerprint density at radius 2 is 1.80 bits per heavy atom. The van der Waals surface area contributed by atoms with Crippen molar-refractivity contribution in [2.75, 3.05) is 29.9 Å². The first-order valence-electron chi connectivity index (χ1n) is 10.1. The number of carbonyl (C=O) groups is 2. The van der Waals surface area contributed by atoms with Crippen molar-refractivity contribution in [1.82, 2.24) is 10.6 Å². The first kappa shape index (κ1) is 21.6. The molecule has 0 spiro atoms. The van der Waals surface area contributed by atoms with Crippen LogP contribution in [-0.2, 0) is 4.79 Å². The van der Waals surface area contributed by atoms with E-state index < -0.39 is 0 Å². The molecule has 6 nitrogen and oxygen atoms in total. The van der Waals surface area contributed by atoms with E-state index in [-0.39, 0.29) is 29.2 Å². The molecule has 0 bridgehead atoms. The lowest BCUT2D eigenvalue weighted by Crippen LogP contribution is -2.47. The predicted molar refractivity (Wildman–Crippen MR) is 117 cm³/mol. The first-order valence-corrected chi connectivity index (χ1v) is 10.1. The summed E-state index contributed by atoms with van der Waals surface area (Å²) in [6.07, 6.45) is 0.710. The second-order valence-corrected chi connectivity index (χ2v) is 8.79. The van der Waals surface area contributed by atoms with Crippen LogP contribution >= 0.6 is 0 Å². The van der Waals surface area contributed by atoms with Crippen LogP contribution in [0, 0.1) is 11.2 Å². The second kappa shape index (κ2) is 9.15. The van der Waals surface area contributed by atoms with E-state index in [1.807, 2.05) is 29.2 Å². The van der Waals surface area contributed by atoms with E-state index in [4.69, 9.17) is 0 Å². The topological polar surface area (TPSA) is 73.5 Å². The lowest BCUT2D eigenvalue weighted by Gasteiger charge is -2.29. The molecule has 1 saturated heterocycles. The molecule has 7 heteroatoms. The number of nitrogens with one attached hydrogen (secondary N) is 3. The Morgan fingerprint density at radius 3 is 2.40 bits per heavy atom. The molecule has 3 amide bonds. The van der Waals surface area contributed by atoms with Gasteiger partial charge in [0.2, 0.25) is 5.91 Å². The van der Waals surface area contributed by atoms with Gasteiger partial charge >= 0.3 is 6.03 Å². The number of hydrogen-bond donors (Lipinski definition) is 3. The summed E-state index contributed by atoms with van der Waals surface area (Å²) in [4.78, 5) is 26.2. The van der Waals surface area contributed by atoms with Gasteiger partial charge in [0.25, 0.3) is 0 Å². The zero-order chi connectivity index (χ0) is 21.7. The molecule has 0 radical (unpaired) electrons. The number of nitrogens with zero attached hydrogens (tertiary/aromatic N) is 1. The second-order valence-electron chi connectivity index (χ2n) is 8.79. The summed E-state index contributed by atoms with van der Waals surface area (Å²) < 4.78 is 13.3. The Bertz CT molecular complexity index is 876. The van der Waals surface area contributed by atoms with E-state index in [9.17, 15) is 14.0 Å². The molecule has 160 valence electrons. The van der Waals surface area contributed by atoms with Crippen molar-refractivity contribution >= 4 is 23.3 Å². The van der Waals surface area contributed by atoms with Gasteiger partial charge in [0.05, 0.1) is 12.6 Å². The SMILES string of the molecule is CC(C)(C)C[C@@H](NC(=O)Nc1ccc(N2CCNC(=O)C2)cc1)c1ccc(F)cc1. The van der Waals surface area contributed by atoms with Gasteiger partial charge in [0.15, 0.2) is 0 Å². The van der Waals surface area contributed by atoms with Crippen LogP contribution in [-0.4, -0.2) is 31.6 Å². The number of rotatable bonds is 5. The highest BCUT2D eigenvalue weighted by atomic mass is 19.1. The van der Waals surface area contributed by atoms with Crippen LogP contribution in [0.25, 0.3) is 0 Å². The highest BCUT2D eigenvalue weighted by Gasteiger charge is 2.22. The fourth-order valence-corrected chi connectivity index (χ4v) is 3.50. The molecule has 1 aliphatic heterocycles. The average molecular weight is 413 g/mol. The van der Waals surface area contributed by atoms with Gasteiger partial charge in [-0.2, -0.15) is 0 Å². The van der Waals surface area contributed by atoms with Crippen molar-refractivity contribution in [2.45, 2.75) is 33.2 Å². The van der Waals surface area contributed by atoms with Crippen LogP contribution < -0.4 is 20.9 Å². The molecule has 1 fully saturated rings. The van der Waals surface area contributed by atoms with Gasteiger partial charge in [-0.3, -0.25) is 4.79 Å². The molecular formula is C23H29FN4O2. The summed E-state index contributed by atoms with van der Waals surface area (Å²) in [5.41, 5.74) is 2.44. The van der Waals surface area contributed by atoms with Gasteiger partial charge in [-0.05, 0) is 53.8 Å². The number of carbonyl (C=O) groups excluding carboxylic acids is 2. The molecule has 3 rings (SSSR count). The van der Waals surface area contributed by atoms with Gasteiger partial charge in [0, 0.05) is 24.5 Å². The van der Waals surface area contributed by atoms with E-state index in [1.165, 1.54) is 12.1 Å². The molecular weight excluding hydrogens is 383 g/mol. The zero-order valence-electron chi connectivity index (χ0n) is 17.7. The van der Waals surface area contributed by atoms with Gasteiger partial charge < -0.3 is 20.9 Å². The minimum atomic E-state index is -0.321. The minimum Gasteiger partial charge on any atom is -0.360 e. The van der Waals surface area contributed by atoms with Crippen molar-refractivity contribution in [2.24, 2.45) is 5.41 Å². The molecule has 0 saturated carbocycles. The van der Waals surface area contributed by atoms with E-state index in [1.54, 1.807) is 12.1 Å². The maximum absolute atomic E-state index is 13.3. The van der Waals surface area contributed by atoms with Gasteiger partial charge in [-0.15, -0.1) is 0 Å². The number of halogens is 1. The van der Waals surface area contributed by atoms with Crippen LogP contribution in [0.1, 0.15) is 38.8 Å². The number of benzene rings is 2. The molecule has 0 aromatic heterocycles. The maximum atomic E-state index is 13.3. The first-order chi connectivity index (χ1) is 14.2. The monoisotopic (exact) mass is 412 g/mol. The molecule has 1 heterocycles. The lowest BCUT2D eigenvalue weighted by molar-refractivity contribution is -0.120. The fourth-order valence-electron chi connectivity index (χ4n) is 3.50. The van der Waals surface area contributed by atoms with Crippen molar-refractivity contribution < 1.29 is 14.0 Å². The van der Waals surface area contributed by atoms with Gasteiger partial charge in [-0.25, -0.2) is 9.18 Å². The van der Waals surface area contributed by atoms with E-state index in [0.29, 0.717) is 25.2 Å². The number of urea groups is 1. The zero-order valence-corrected chi connectivity index (χ0v) is 17.7. The molecule has 0 unspecified atom stereocenters. The normalized spacial score (nSPS) is 15.3. The van der Waals surface area contributed by atoms with Gasteiger partial charge in [0.1, 0.15) is 5.82 Å². The maximum Gasteiger partial charge on any atom is 0.319 e. The molecule has 2 aromatic carbocycles. The number of amides is 3. The number of piperazine rings is 1. The summed E-state index contributed by atoms with van der Waals surface area (Å²) in [6, 6.07) is 13.1. The fraction of sp³-hybridized carbons (Fsp3) is 0.391. The minimum absolute atomic E-state index is 0.00788. The lowest BCUT2D eigenvalue weighted by atomic mass is 9.85. The largest absolute Gasteiger partial charge is 0.360 e. The Morgan fingerprint density at radius 1 is 1.13 bits per heavy atom. The molecule has 3 N–H and O–H groups in total. The van der Waals surface area contributed by atoms with Crippen LogP contribution in [0.3, 0.4) is 0 Å². The smallest absolute Gasteiger partial charge is 0.319 e. The molecule has 30 heavy (non-hydrogen) atoms. The number of anilines is 2. The predicted octanol–water partition coefficient (Wildman–Crippen LogP) is 4.06. The third kappa shape index (κ3) is 6.20. The number of hydrogen-bond acceptors (Lipinski definition) is 3. The molecule has 0 aliphatic carbocycles. The quantitative estimate of drug-likeness (QED) is 0.693. The van der Waals surface area contributed by atoms with Crippen LogP contribution in [0.5, 0.6) is 0 Å². The van der Waals surface area contributed by atoms with E-state index in [0.717, 1.165) is 17.8 Å². The summed E-state index contributed by atoms with van der Waals surface area (Å²) in [5.74, 6) is -0.294. The summed E-state index contributed by atoms with van der Waals surface area (Å²) in [6.45, 7) is 8.01. The van der Waals surface area contributed by atoms with Crippen molar-refractivity contribution in [1.29, 1.82) is 0 Å². The Hall–Kier alpha value is -3.09. The average Bonchev–Trinajstić information content (AvgIpc) is 2.67. The van der Waals surface area contributed by atoms with E-state index in [2.05, 4.69) is 36.7 Å². The summed E-state index contributed by atoms with van der Waals surface area (Å²) in [7, 11) is 0. The highest BCUT2D eigenvalue weighted by molar-refractivity contribution is 5.90. The standard InChI is InChI=1S/C23H29FN4O2/c1-23(2,3)14-20(16-4-6-17(24)7-5-16)27-22(30)26-18-8-10-19(11-9-18)28-13-12-25-21(29)15-28/h4-11,20H,12-15H2,1-3H3,(H,25,29)(H2,26,27,30)/t20-/m1/s1. The van der Waals surface area contributed by atoms with Crippen molar-refractivity contribution in [3.8, 4) is 0 Å². The van der Waals surface area contributed by atoms with Crippen molar-refractivity contribution in [3.63, 3.8) is 0 Å². The van der Waals surface area contributed by atoms with Crippen molar-refractivity contribution in [3.05, 3.63) is 59.9 Å². The van der Waals surface area contributed by atoms with Crippen LogP contribution in [0.4, 0.5) is 20.6 Å². The Kier molecular flexibility index (Phi) is 6.59. The summed E-state index contributed by atoms with van der Waals surface area (Å²) in [5, 5.41) is 8.67. The van der Waals surface area contributed by atoms with Crippen LogP contribution in [0.2, 0.25) is 0 Å². The third-order valence-electron chi connectivity index (χ3n) is 4.92. The third-order valence-corrected chi connectivity index (χ3v) is 4.92. The van der Waals surface area contributed by atoms with Crippen LogP contribution in [0.15, 0.2) is 48.5 Å². The molecule has 1 aliphatic rings. The Balaban J connectivity index is 1.64. The summed E-state index contributed by atoms with van der Waals surface area (Å²) >= 11 is 0. The molecule has 2 aromatic rings. The highest BCUT2D eigenvalue weighted by Crippen LogP contribution is 2.29. The van der Waals surface area contributed by atoms with E-state index >= 15 is 0 Å². The molecule has 1 atom stereocenters. The Labute approximate surface area is 176 Å².